The van der Waals surface area contributed by atoms with Crippen molar-refractivity contribution in [1.82, 2.24) is 9.47 Å². The Morgan fingerprint density at radius 2 is 1.85 bits per heavy atom. The number of hydrogen-bond donors (Lipinski definition) is 1. The number of halogens is 3. The van der Waals surface area contributed by atoms with E-state index in [-0.39, 0.29) is 36.3 Å². The van der Waals surface area contributed by atoms with E-state index < -0.39 is 17.9 Å². The van der Waals surface area contributed by atoms with Gasteiger partial charge in [0.2, 0.25) is 0 Å². The van der Waals surface area contributed by atoms with Crippen molar-refractivity contribution in [2.45, 2.75) is 39.3 Å². The minimum Gasteiger partial charge on any atom is -0.395 e. The van der Waals surface area contributed by atoms with E-state index in [0.29, 0.717) is 10.6 Å². The summed E-state index contributed by atoms with van der Waals surface area (Å²) in [7, 11) is 0. The maximum atomic E-state index is 13.3. The predicted molar refractivity (Wildman–Crippen MR) is 124 cm³/mol. The normalized spacial score (nSPS) is 13.7. The predicted octanol–water partition coefficient (Wildman–Crippen LogP) is 5.31. The summed E-state index contributed by atoms with van der Waals surface area (Å²) in [4.78, 5) is 27.6. The van der Waals surface area contributed by atoms with E-state index in [1.807, 2.05) is 32.0 Å². The Hall–Kier alpha value is -3.59. The summed E-state index contributed by atoms with van der Waals surface area (Å²) >= 11 is 6.24. The van der Waals surface area contributed by atoms with Crippen molar-refractivity contribution in [3.63, 3.8) is 0 Å². The number of carbonyl (C=O) groups excluding carboxylic acids is 1. The fourth-order valence-electron chi connectivity index (χ4n) is 3.53. The van der Waals surface area contributed by atoms with Gasteiger partial charge in [-0.15, -0.1) is 8.78 Å². The van der Waals surface area contributed by atoms with Crippen LogP contribution in [0.2, 0.25) is 5.02 Å². The SMILES string of the molecule is CC(C)N(Cc1ccccc1Cl)C(=O)Nc1cccn(Cc2ccc3c(c2)OC(F)(F)O3)c1=O. The van der Waals surface area contributed by atoms with Crippen molar-refractivity contribution >= 4 is 23.3 Å². The molecule has 0 aliphatic carbocycles. The second kappa shape index (κ2) is 9.34. The third kappa shape index (κ3) is 5.14. The highest BCUT2D eigenvalue weighted by molar-refractivity contribution is 6.31. The van der Waals surface area contributed by atoms with Crippen molar-refractivity contribution in [3.8, 4) is 11.5 Å². The lowest BCUT2D eigenvalue weighted by Gasteiger charge is -2.27. The molecule has 3 aromatic rings. The number of nitrogens with one attached hydrogen (secondary N) is 1. The van der Waals surface area contributed by atoms with Crippen LogP contribution in [0.1, 0.15) is 25.0 Å². The van der Waals surface area contributed by atoms with Gasteiger partial charge in [-0.2, -0.15) is 0 Å². The standard InChI is InChI=1S/C24H22ClF2N3O4/c1-15(2)30(14-17-6-3-4-7-18(17)25)23(32)28-19-8-5-11-29(22(19)31)13-16-9-10-20-21(12-16)34-24(26,27)33-20/h3-12,15H,13-14H2,1-2H3,(H,28,32). The number of amides is 2. The molecule has 0 bridgehead atoms. The van der Waals surface area contributed by atoms with Crippen LogP contribution < -0.4 is 20.3 Å². The molecule has 178 valence electrons. The zero-order chi connectivity index (χ0) is 24.5. The van der Waals surface area contributed by atoms with E-state index in [4.69, 9.17) is 11.6 Å². The Morgan fingerprint density at radius 1 is 1.12 bits per heavy atom. The van der Waals surface area contributed by atoms with Gasteiger partial charge in [0.25, 0.3) is 5.56 Å². The number of carbonyl (C=O) groups is 1. The van der Waals surface area contributed by atoms with E-state index >= 15 is 0 Å². The molecular weight excluding hydrogens is 468 g/mol. The summed E-state index contributed by atoms with van der Waals surface area (Å²) in [6.45, 7) is 4.08. The quantitative estimate of drug-likeness (QED) is 0.509. The third-order valence-corrected chi connectivity index (χ3v) is 5.63. The lowest BCUT2D eigenvalue weighted by Crippen LogP contribution is -2.41. The van der Waals surface area contributed by atoms with E-state index in [2.05, 4.69) is 14.8 Å². The monoisotopic (exact) mass is 489 g/mol. The summed E-state index contributed by atoms with van der Waals surface area (Å²) in [6, 6.07) is 14.1. The summed E-state index contributed by atoms with van der Waals surface area (Å²) < 4.78 is 36.8. The first-order valence-corrected chi connectivity index (χ1v) is 10.9. The van der Waals surface area contributed by atoms with Crippen molar-refractivity contribution < 1.29 is 23.0 Å². The molecule has 2 amide bonds. The molecular formula is C24H22ClF2N3O4. The fraction of sp³-hybridized carbons (Fsp3) is 0.250. The fourth-order valence-corrected chi connectivity index (χ4v) is 3.73. The zero-order valence-electron chi connectivity index (χ0n) is 18.4. The minimum absolute atomic E-state index is 0.0746. The van der Waals surface area contributed by atoms with Crippen LogP contribution >= 0.6 is 11.6 Å². The molecule has 2 heterocycles. The van der Waals surface area contributed by atoms with Gasteiger partial charge >= 0.3 is 12.3 Å². The lowest BCUT2D eigenvalue weighted by atomic mass is 10.2. The van der Waals surface area contributed by atoms with Crippen molar-refractivity contribution in [2.24, 2.45) is 0 Å². The maximum absolute atomic E-state index is 13.3. The molecule has 1 aliphatic heterocycles. The molecule has 7 nitrogen and oxygen atoms in total. The van der Waals surface area contributed by atoms with Crippen LogP contribution in [-0.4, -0.2) is 27.8 Å². The van der Waals surface area contributed by atoms with Gasteiger partial charge < -0.3 is 24.3 Å². The third-order valence-electron chi connectivity index (χ3n) is 5.26. The molecule has 0 atom stereocenters. The second-order valence-corrected chi connectivity index (χ2v) is 8.45. The summed E-state index contributed by atoms with van der Waals surface area (Å²) in [5, 5.41) is 3.22. The van der Waals surface area contributed by atoms with Crippen LogP contribution in [0, 0.1) is 0 Å². The average molecular weight is 490 g/mol. The van der Waals surface area contributed by atoms with Crippen LogP contribution in [0.5, 0.6) is 11.5 Å². The molecule has 0 radical (unpaired) electrons. The molecule has 0 saturated heterocycles. The molecule has 10 heteroatoms. The zero-order valence-corrected chi connectivity index (χ0v) is 19.2. The van der Waals surface area contributed by atoms with Gasteiger partial charge in [0.15, 0.2) is 11.5 Å². The highest BCUT2D eigenvalue weighted by atomic mass is 35.5. The van der Waals surface area contributed by atoms with Crippen molar-refractivity contribution in [2.75, 3.05) is 5.32 Å². The Balaban J connectivity index is 1.51. The van der Waals surface area contributed by atoms with Gasteiger partial charge in [-0.3, -0.25) is 4.79 Å². The summed E-state index contributed by atoms with van der Waals surface area (Å²) in [6.07, 6.45) is -2.17. The average Bonchev–Trinajstić information content (AvgIpc) is 3.08. The number of aromatic nitrogens is 1. The van der Waals surface area contributed by atoms with Crippen molar-refractivity contribution in [1.29, 1.82) is 0 Å². The molecule has 0 fully saturated rings. The summed E-state index contributed by atoms with van der Waals surface area (Å²) in [5.41, 5.74) is 0.977. The van der Waals surface area contributed by atoms with Crippen molar-refractivity contribution in [3.05, 3.63) is 87.3 Å². The van der Waals surface area contributed by atoms with E-state index in [1.54, 1.807) is 29.3 Å². The van der Waals surface area contributed by atoms with Crippen LogP contribution in [0.4, 0.5) is 19.3 Å². The molecule has 4 rings (SSSR count). The Labute approximate surface area is 199 Å². The summed E-state index contributed by atoms with van der Waals surface area (Å²) in [5.74, 6) is -0.179. The van der Waals surface area contributed by atoms with E-state index in [1.165, 1.54) is 22.8 Å². The van der Waals surface area contributed by atoms with Gasteiger partial charge in [0, 0.05) is 23.8 Å². The minimum atomic E-state index is -3.71. The number of anilines is 1. The lowest BCUT2D eigenvalue weighted by molar-refractivity contribution is -0.286. The number of rotatable bonds is 6. The molecule has 1 aromatic heterocycles. The largest absolute Gasteiger partial charge is 0.586 e. The number of benzene rings is 2. The van der Waals surface area contributed by atoms with Gasteiger partial charge in [0.05, 0.1) is 6.54 Å². The van der Waals surface area contributed by atoms with Gasteiger partial charge in [-0.05, 0) is 55.3 Å². The van der Waals surface area contributed by atoms with Gasteiger partial charge in [0.1, 0.15) is 5.69 Å². The van der Waals surface area contributed by atoms with Gasteiger partial charge in [-0.1, -0.05) is 35.9 Å². The first-order valence-electron chi connectivity index (χ1n) is 10.5. The number of hydrogen-bond acceptors (Lipinski definition) is 4. The number of nitrogens with zero attached hydrogens (tertiary/aromatic N) is 2. The molecule has 0 spiro atoms. The first kappa shape index (κ1) is 23.6. The number of urea groups is 1. The Kier molecular flexibility index (Phi) is 6.47. The number of alkyl halides is 2. The molecule has 34 heavy (non-hydrogen) atoms. The van der Waals surface area contributed by atoms with E-state index in [0.717, 1.165) is 5.56 Å². The van der Waals surface area contributed by atoms with Crippen LogP contribution in [0.25, 0.3) is 0 Å². The number of fused-ring (bicyclic) bond motifs is 1. The molecule has 1 N–H and O–H groups in total. The highest BCUT2D eigenvalue weighted by Crippen LogP contribution is 2.41. The van der Waals surface area contributed by atoms with Gasteiger partial charge in [-0.25, -0.2) is 4.79 Å². The highest BCUT2D eigenvalue weighted by Gasteiger charge is 2.43. The molecule has 0 saturated carbocycles. The molecule has 1 aliphatic rings. The number of pyridine rings is 1. The Morgan fingerprint density at radius 3 is 2.59 bits per heavy atom. The smallest absolute Gasteiger partial charge is 0.395 e. The van der Waals surface area contributed by atoms with E-state index in [9.17, 15) is 18.4 Å². The second-order valence-electron chi connectivity index (χ2n) is 8.05. The maximum Gasteiger partial charge on any atom is 0.586 e. The van der Waals surface area contributed by atoms with Crippen LogP contribution in [0.3, 0.4) is 0 Å². The molecule has 2 aromatic carbocycles. The van der Waals surface area contributed by atoms with Crippen LogP contribution in [0.15, 0.2) is 65.6 Å². The Bertz CT molecular complexity index is 1280. The van der Waals surface area contributed by atoms with Crippen LogP contribution in [-0.2, 0) is 13.1 Å². The number of ether oxygens (including phenoxy) is 2. The molecule has 0 unspecified atom stereocenters. The topological polar surface area (TPSA) is 72.8 Å². The first-order chi connectivity index (χ1) is 16.1.